The van der Waals surface area contributed by atoms with Crippen molar-refractivity contribution >= 4 is 12.2 Å². The number of benzene rings is 1. The first-order valence-electron chi connectivity index (χ1n) is 6.70. The number of hydrogen-bond acceptors (Lipinski definition) is 3. The van der Waals surface area contributed by atoms with Crippen LogP contribution in [0.4, 0.5) is 0 Å². The lowest BCUT2D eigenvalue weighted by Gasteiger charge is -2.15. The zero-order valence-corrected chi connectivity index (χ0v) is 13.4. The van der Waals surface area contributed by atoms with Crippen molar-refractivity contribution in [2.75, 3.05) is 7.11 Å². The fraction of sp³-hybridized carbons (Fsp3) is 0.375. The van der Waals surface area contributed by atoms with Crippen LogP contribution >= 0.6 is 12.2 Å². The number of aromatic amines is 1. The third kappa shape index (κ3) is 2.75. The Morgan fingerprint density at radius 1 is 1.25 bits per heavy atom. The molecule has 0 aliphatic rings. The van der Waals surface area contributed by atoms with Crippen LogP contribution in [0.3, 0.4) is 0 Å². The fourth-order valence-electron chi connectivity index (χ4n) is 2.11. The van der Waals surface area contributed by atoms with E-state index in [1.54, 1.807) is 7.11 Å². The number of aryl methyl sites for hydroxylation is 1. The zero-order valence-electron chi connectivity index (χ0n) is 12.6. The standard InChI is InChI=1S/C16H20N2OS/c1-9(2)15-17-14(11(4)16(20)18-15)12-8-10(3)6-7-13(12)19-5/h6-9H,1-5H3,(H,17,18,20). The molecule has 0 aliphatic carbocycles. The second-order valence-electron chi connectivity index (χ2n) is 5.29. The molecule has 0 unspecified atom stereocenters. The van der Waals surface area contributed by atoms with Crippen LogP contribution in [0.25, 0.3) is 11.3 Å². The minimum absolute atomic E-state index is 0.298. The average molecular weight is 288 g/mol. The summed E-state index contributed by atoms with van der Waals surface area (Å²) in [5.74, 6) is 2.04. The van der Waals surface area contributed by atoms with E-state index >= 15 is 0 Å². The molecule has 1 heterocycles. The molecule has 0 saturated carbocycles. The molecule has 0 aliphatic heterocycles. The van der Waals surface area contributed by atoms with Crippen molar-refractivity contribution in [3.63, 3.8) is 0 Å². The summed E-state index contributed by atoms with van der Waals surface area (Å²) in [6.45, 7) is 8.25. The summed E-state index contributed by atoms with van der Waals surface area (Å²) in [6.07, 6.45) is 0. The van der Waals surface area contributed by atoms with Crippen LogP contribution in [0, 0.1) is 18.5 Å². The van der Waals surface area contributed by atoms with E-state index in [0.29, 0.717) is 10.6 Å². The highest BCUT2D eigenvalue weighted by atomic mass is 32.1. The van der Waals surface area contributed by atoms with Gasteiger partial charge in [0, 0.05) is 17.0 Å². The van der Waals surface area contributed by atoms with E-state index in [4.69, 9.17) is 17.0 Å². The number of nitrogens with zero attached hydrogens (tertiary/aromatic N) is 1. The van der Waals surface area contributed by atoms with E-state index < -0.39 is 0 Å². The van der Waals surface area contributed by atoms with Gasteiger partial charge in [-0.3, -0.25) is 0 Å². The molecular weight excluding hydrogens is 268 g/mol. The van der Waals surface area contributed by atoms with Gasteiger partial charge in [0.2, 0.25) is 0 Å². The Morgan fingerprint density at radius 3 is 2.55 bits per heavy atom. The molecule has 106 valence electrons. The van der Waals surface area contributed by atoms with Gasteiger partial charge in [0.05, 0.1) is 12.8 Å². The second-order valence-corrected chi connectivity index (χ2v) is 5.67. The van der Waals surface area contributed by atoms with E-state index in [1.807, 2.05) is 19.1 Å². The summed E-state index contributed by atoms with van der Waals surface area (Å²) in [7, 11) is 1.68. The van der Waals surface area contributed by atoms with Gasteiger partial charge in [0.15, 0.2) is 0 Å². The summed E-state index contributed by atoms with van der Waals surface area (Å²) in [5.41, 5.74) is 4.19. The molecule has 0 spiro atoms. The van der Waals surface area contributed by atoms with Crippen molar-refractivity contribution in [1.29, 1.82) is 0 Å². The molecule has 1 aromatic carbocycles. The molecule has 2 rings (SSSR count). The SMILES string of the molecule is COc1ccc(C)cc1-c1[nH]c(C(C)C)nc(=S)c1C. The minimum Gasteiger partial charge on any atom is -0.496 e. The highest BCUT2D eigenvalue weighted by Crippen LogP contribution is 2.32. The average Bonchev–Trinajstić information content (AvgIpc) is 2.41. The predicted molar refractivity (Wildman–Crippen MR) is 85.0 cm³/mol. The van der Waals surface area contributed by atoms with E-state index in [1.165, 1.54) is 5.56 Å². The molecule has 0 radical (unpaired) electrons. The number of rotatable bonds is 3. The molecule has 1 aromatic heterocycles. The molecule has 0 amide bonds. The topological polar surface area (TPSA) is 37.9 Å². The van der Waals surface area contributed by atoms with Gasteiger partial charge in [-0.15, -0.1) is 0 Å². The van der Waals surface area contributed by atoms with Gasteiger partial charge in [0.1, 0.15) is 16.2 Å². The normalized spacial score (nSPS) is 10.9. The smallest absolute Gasteiger partial charge is 0.133 e. The van der Waals surface area contributed by atoms with Gasteiger partial charge >= 0.3 is 0 Å². The highest BCUT2D eigenvalue weighted by molar-refractivity contribution is 7.71. The first-order chi connectivity index (χ1) is 9.43. The number of hydrogen-bond donors (Lipinski definition) is 1. The Morgan fingerprint density at radius 2 is 1.95 bits per heavy atom. The van der Waals surface area contributed by atoms with Crippen molar-refractivity contribution in [1.82, 2.24) is 9.97 Å². The Bertz CT molecular complexity index is 689. The maximum absolute atomic E-state index is 5.48. The third-order valence-electron chi connectivity index (χ3n) is 3.34. The van der Waals surface area contributed by atoms with Gasteiger partial charge in [0.25, 0.3) is 0 Å². The number of aromatic nitrogens is 2. The first-order valence-corrected chi connectivity index (χ1v) is 7.10. The van der Waals surface area contributed by atoms with Crippen LogP contribution in [-0.4, -0.2) is 17.1 Å². The minimum atomic E-state index is 0.298. The Labute approximate surface area is 125 Å². The summed E-state index contributed by atoms with van der Waals surface area (Å²) < 4.78 is 6.12. The Hall–Kier alpha value is -1.68. The summed E-state index contributed by atoms with van der Waals surface area (Å²) in [4.78, 5) is 7.87. The molecule has 0 atom stereocenters. The number of methoxy groups -OCH3 is 1. The van der Waals surface area contributed by atoms with Gasteiger partial charge in [-0.05, 0) is 26.0 Å². The first kappa shape index (κ1) is 14.7. The molecule has 2 aromatic rings. The summed E-state index contributed by atoms with van der Waals surface area (Å²) >= 11 is 5.39. The second kappa shape index (κ2) is 5.75. The highest BCUT2D eigenvalue weighted by Gasteiger charge is 2.13. The number of nitrogens with one attached hydrogen (secondary N) is 1. The van der Waals surface area contributed by atoms with E-state index in [2.05, 4.69) is 36.8 Å². The molecule has 0 bridgehead atoms. The largest absolute Gasteiger partial charge is 0.496 e. The van der Waals surface area contributed by atoms with Crippen molar-refractivity contribution in [3.05, 3.63) is 39.8 Å². The van der Waals surface area contributed by atoms with Crippen molar-refractivity contribution in [3.8, 4) is 17.0 Å². The lowest BCUT2D eigenvalue weighted by molar-refractivity contribution is 0.416. The maximum Gasteiger partial charge on any atom is 0.133 e. The monoisotopic (exact) mass is 288 g/mol. The van der Waals surface area contributed by atoms with Gasteiger partial charge in [-0.1, -0.05) is 37.7 Å². The number of H-pyrrole nitrogens is 1. The lowest BCUT2D eigenvalue weighted by atomic mass is 10.0. The van der Waals surface area contributed by atoms with E-state index in [0.717, 1.165) is 28.4 Å². The molecular formula is C16H20N2OS. The predicted octanol–water partition coefficient (Wildman–Crippen LogP) is 4.56. The Balaban J connectivity index is 2.75. The quantitative estimate of drug-likeness (QED) is 0.842. The maximum atomic E-state index is 5.48. The third-order valence-corrected chi connectivity index (χ3v) is 3.74. The van der Waals surface area contributed by atoms with E-state index in [9.17, 15) is 0 Å². The molecule has 0 fully saturated rings. The van der Waals surface area contributed by atoms with Gasteiger partial charge in [-0.25, -0.2) is 4.98 Å². The molecule has 3 nitrogen and oxygen atoms in total. The van der Waals surface area contributed by atoms with Crippen LogP contribution in [0.1, 0.15) is 36.7 Å². The van der Waals surface area contributed by atoms with Crippen LogP contribution in [0.5, 0.6) is 5.75 Å². The summed E-state index contributed by atoms with van der Waals surface area (Å²) in [6, 6.07) is 6.13. The molecule has 1 N–H and O–H groups in total. The molecule has 20 heavy (non-hydrogen) atoms. The van der Waals surface area contributed by atoms with Crippen molar-refractivity contribution < 1.29 is 4.74 Å². The van der Waals surface area contributed by atoms with E-state index in [-0.39, 0.29) is 0 Å². The van der Waals surface area contributed by atoms with Crippen LogP contribution in [0.2, 0.25) is 0 Å². The zero-order chi connectivity index (χ0) is 14.9. The summed E-state index contributed by atoms with van der Waals surface area (Å²) in [5, 5.41) is 0. The van der Waals surface area contributed by atoms with Crippen molar-refractivity contribution in [2.45, 2.75) is 33.6 Å². The molecule has 0 saturated heterocycles. The van der Waals surface area contributed by atoms with Crippen LogP contribution in [-0.2, 0) is 0 Å². The van der Waals surface area contributed by atoms with Crippen LogP contribution in [0.15, 0.2) is 18.2 Å². The lowest BCUT2D eigenvalue weighted by Crippen LogP contribution is -2.03. The van der Waals surface area contributed by atoms with Gasteiger partial charge in [-0.2, -0.15) is 0 Å². The molecule has 4 heteroatoms. The van der Waals surface area contributed by atoms with Crippen LogP contribution < -0.4 is 4.74 Å². The number of ether oxygens (including phenoxy) is 1. The van der Waals surface area contributed by atoms with Gasteiger partial charge < -0.3 is 9.72 Å². The Kier molecular flexibility index (Phi) is 4.23. The van der Waals surface area contributed by atoms with Crippen molar-refractivity contribution in [2.24, 2.45) is 0 Å². The fourth-order valence-corrected chi connectivity index (χ4v) is 2.31.